The van der Waals surface area contributed by atoms with Crippen LogP contribution in [0.3, 0.4) is 0 Å². The van der Waals surface area contributed by atoms with Gasteiger partial charge in [0.05, 0.1) is 65.3 Å². The fourth-order valence-corrected chi connectivity index (χ4v) is 5.65. The number of carbonyl (C=O) groups excluding carboxylic acids is 1. The molecule has 0 fully saturated rings. The zero-order valence-corrected chi connectivity index (χ0v) is 23.5. The first kappa shape index (κ1) is 26.3. The van der Waals surface area contributed by atoms with Crippen molar-refractivity contribution in [3.8, 4) is 46.0 Å². The van der Waals surface area contributed by atoms with Crippen molar-refractivity contribution in [2.75, 3.05) is 61.0 Å². The van der Waals surface area contributed by atoms with Crippen molar-refractivity contribution >= 4 is 17.3 Å². The highest BCUT2D eigenvalue weighted by Gasteiger charge is 2.44. The van der Waals surface area contributed by atoms with Gasteiger partial charge in [-0.05, 0) is 29.3 Å². The maximum atomic E-state index is 13.5. The Morgan fingerprint density at radius 1 is 0.683 bits per heavy atom. The quantitative estimate of drug-likeness (QED) is 0.360. The van der Waals surface area contributed by atoms with Gasteiger partial charge in [-0.3, -0.25) is 0 Å². The van der Waals surface area contributed by atoms with Crippen molar-refractivity contribution < 1.29 is 47.4 Å². The molecule has 3 aromatic rings. The van der Waals surface area contributed by atoms with Crippen LogP contribution in [-0.4, -0.2) is 62.0 Å². The number of hydrogen-bond acceptors (Lipinski definition) is 11. The van der Waals surface area contributed by atoms with Gasteiger partial charge in [0.2, 0.25) is 18.3 Å². The van der Waals surface area contributed by atoms with Crippen LogP contribution in [0.4, 0.5) is 11.4 Å². The first-order chi connectivity index (χ1) is 20.0. The number of esters is 1. The zero-order chi connectivity index (χ0) is 28.8. The van der Waals surface area contributed by atoms with Gasteiger partial charge in [0.1, 0.15) is 6.61 Å². The summed E-state index contributed by atoms with van der Waals surface area (Å²) in [7, 11) is 9.29. The smallest absolute Gasteiger partial charge is 0.337 e. The number of fused-ring (bicyclic) bond motifs is 2. The van der Waals surface area contributed by atoms with Gasteiger partial charge in [0.15, 0.2) is 34.5 Å². The molecule has 0 aliphatic carbocycles. The predicted octanol–water partition coefficient (Wildman–Crippen LogP) is 4.56. The van der Waals surface area contributed by atoms with Crippen molar-refractivity contribution in [2.45, 2.75) is 5.92 Å². The largest absolute Gasteiger partial charge is 0.493 e. The molecular formula is C30H29NO10. The maximum Gasteiger partial charge on any atom is 0.337 e. The van der Waals surface area contributed by atoms with Crippen LogP contribution in [0.2, 0.25) is 0 Å². The van der Waals surface area contributed by atoms with Crippen LogP contribution in [0.5, 0.6) is 46.0 Å². The van der Waals surface area contributed by atoms with Gasteiger partial charge in [0, 0.05) is 24.1 Å². The van der Waals surface area contributed by atoms with Gasteiger partial charge < -0.3 is 47.5 Å². The van der Waals surface area contributed by atoms with E-state index in [1.807, 2.05) is 41.3 Å². The number of methoxy groups -OCH3 is 6. The Morgan fingerprint density at radius 3 is 1.76 bits per heavy atom. The van der Waals surface area contributed by atoms with Gasteiger partial charge in [-0.15, -0.1) is 0 Å². The Labute approximate surface area is 236 Å². The van der Waals surface area contributed by atoms with E-state index in [4.69, 9.17) is 42.6 Å². The Kier molecular flexibility index (Phi) is 6.56. The lowest BCUT2D eigenvalue weighted by Gasteiger charge is -2.36. The van der Waals surface area contributed by atoms with Gasteiger partial charge in [-0.2, -0.15) is 0 Å². The second kappa shape index (κ2) is 10.2. The zero-order valence-electron chi connectivity index (χ0n) is 23.5. The van der Waals surface area contributed by atoms with Crippen LogP contribution in [-0.2, 0) is 9.53 Å². The Bertz CT molecular complexity index is 1530. The summed E-state index contributed by atoms with van der Waals surface area (Å²) in [5, 5.41) is 0. The van der Waals surface area contributed by atoms with E-state index in [2.05, 4.69) is 0 Å². The van der Waals surface area contributed by atoms with Gasteiger partial charge >= 0.3 is 5.97 Å². The molecule has 0 bridgehead atoms. The summed E-state index contributed by atoms with van der Waals surface area (Å²) in [4.78, 5) is 15.4. The van der Waals surface area contributed by atoms with Crippen molar-refractivity contribution in [3.63, 3.8) is 0 Å². The van der Waals surface area contributed by atoms with Gasteiger partial charge in [-0.1, -0.05) is 0 Å². The monoisotopic (exact) mass is 563 g/mol. The molecule has 41 heavy (non-hydrogen) atoms. The molecule has 1 atom stereocenters. The Morgan fingerprint density at radius 2 is 1.22 bits per heavy atom. The van der Waals surface area contributed by atoms with E-state index in [9.17, 15) is 4.79 Å². The fraction of sp³-hybridized carbons (Fsp3) is 0.300. The molecular weight excluding hydrogens is 534 g/mol. The maximum absolute atomic E-state index is 13.5. The third-order valence-electron chi connectivity index (χ3n) is 7.43. The van der Waals surface area contributed by atoms with Crippen molar-refractivity contribution in [2.24, 2.45) is 0 Å². The molecule has 0 amide bonds. The van der Waals surface area contributed by atoms with E-state index in [1.165, 1.54) is 0 Å². The van der Waals surface area contributed by atoms with E-state index in [0.29, 0.717) is 63.0 Å². The summed E-state index contributed by atoms with van der Waals surface area (Å²) >= 11 is 0. The van der Waals surface area contributed by atoms with Gasteiger partial charge in [-0.25, -0.2) is 4.79 Å². The van der Waals surface area contributed by atoms with Gasteiger partial charge in [0.25, 0.3) is 0 Å². The normalized spacial score (nSPS) is 16.6. The highest BCUT2D eigenvalue weighted by atomic mass is 16.7. The lowest BCUT2D eigenvalue weighted by atomic mass is 9.80. The lowest BCUT2D eigenvalue weighted by Crippen LogP contribution is -2.27. The highest BCUT2D eigenvalue weighted by molar-refractivity contribution is 5.99. The standard InChI is InChI=1S/C30H29NO10/c1-33-22-7-15(8-23(34-2)28(22)37-5)26-17-11-20-21(41-14-40-20)12-18(17)31(19-13-39-30(32)27(19)26)16-9-24(35-3)29(38-6)25(10-16)36-4/h7-12,26H,13-14H2,1-6H3. The average molecular weight is 564 g/mol. The van der Waals surface area contributed by atoms with E-state index in [1.54, 1.807) is 42.7 Å². The molecule has 3 aliphatic heterocycles. The minimum Gasteiger partial charge on any atom is -0.493 e. The molecule has 0 spiro atoms. The molecule has 3 heterocycles. The molecule has 0 radical (unpaired) electrons. The summed E-state index contributed by atoms with van der Waals surface area (Å²) in [6.07, 6.45) is 0. The third-order valence-corrected chi connectivity index (χ3v) is 7.43. The summed E-state index contributed by atoms with van der Waals surface area (Å²) < 4.78 is 50.8. The van der Waals surface area contributed by atoms with E-state index < -0.39 is 11.9 Å². The van der Waals surface area contributed by atoms with Crippen LogP contribution >= 0.6 is 0 Å². The Hall–Kier alpha value is -4.93. The average Bonchev–Trinajstić information content (AvgIpc) is 3.63. The van der Waals surface area contributed by atoms with Crippen LogP contribution in [0.15, 0.2) is 47.7 Å². The SMILES string of the molecule is COc1cc(C2C3=C(COC3=O)N(c3cc(OC)c(OC)c(OC)c3)c3cc4c(cc32)OCO4)cc(OC)c1OC. The summed E-state index contributed by atoms with van der Waals surface area (Å²) in [6.45, 7) is 0.145. The summed E-state index contributed by atoms with van der Waals surface area (Å²) in [5.41, 5.74) is 4.10. The number of carbonyl (C=O) groups is 1. The topological polar surface area (TPSA) is 103 Å². The second-order valence-corrected chi connectivity index (χ2v) is 9.31. The first-order valence-electron chi connectivity index (χ1n) is 12.7. The van der Waals surface area contributed by atoms with Crippen LogP contribution in [0, 0.1) is 0 Å². The summed E-state index contributed by atoms with van der Waals surface area (Å²) in [6, 6.07) is 11.1. The number of hydrogen-bond donors (Lipinski definition) is 0. The molecule has 3 aliphatic rings. The number of ether oxygens (including phenoxy) is 9. The van der Waals surface area contributed by atoms with Crippen LogP contribution in [0.1, 0.15) is 17.0 Å². The number of cyclic esters (lactones) is 1. The molecule has 0 saturated heterocycles. The lowest BCUT2D eigenvalue weighted by molar-refractivity contribution is -0.136. The molecule has 3 aromatic carbocycles. The molecule has 214 valence electrons. The van der Waals surface area contributed by atoms with E-state index >= 15 is 0 Å². The number of nitrogens with zero attached hydrogens (tertiary/aromatic N) is 1. The summed E-state index contributed by atoms with van der Waals surface area (Å²) in [5.74, 6) is 2.92. The van der Waals surface area contributed by atoms with Crippen molar-refractivity contribution in [1.29, 1.82) is 0 Å². The fourth-order valence-electron chi connectivity index (χ4n) is 5.65. The number of benzene rings is 3. The highest BCUT2D eigenvalue weighted by Crippen LogP contribution is 2.56. The minimum absolute atomic E-state index is 0.0552. The van der Waals surface area contributed by atoms with E-state index in [-0.39, 0.29) is 13.4 Å². The molecule has 11 nitrogen and oxygen atoms in total. The predicted molar refractivity (Wildman–Crippen MR) is 147 cm³/mol. The molecule has 0 saturated carbocycles. The van der Waals surface area contributed by atoms with Crippen molar-refractivity contribution in [3.05, 3.63) is 58.8 Å². The third kappa shape index (κ3) is 3.99. The van der Waals surface area contributed by atoms with Crippen LogP contribution in [0.25, 0.3) is 0 Å². The first-order valence-corrected chi connectivity index (χ1v) is 12.7. The molecule has 1 unspecified atom stereocenters. The Balaban J connectivity index is 1.65. The number of rotatable bonds is 8. The van der Waals surface area contributed by atoms with Crippen LogP contribution < -0.4 is 42.8 Å². The molecule has 0 aromatic heterocycles. The second-order valence-electron chi connectivity index (χ2n) is 9.31. The van der Waals surface area contributed by atoms with Crippen molar-refractivity contribution in [1.82, 2.24) is 0 Å². The molecule has 0 N–H and O–H groups in total. The number of anilines is 2. The minimum atomic E-state index is -0.545. The van der Waals surface area contributed by atoms with E-state index in [0.717, 1.165) is 16.8 Å². The molecule has 6 rings (SSSR count). The molecule has 11 heteroatoms.